The Hall–Kier alpha value is -2.01. The third kappa shape index (κ3) is 5.77. The van der Waals surface area contributed by atoms with Gasteiger partial charge in [0, 0.05) is 51.5 Å². The number of unbranched alkanes of at least 4 members (excludes halogenated alkanes) is 1. The van der Waals surface area contributed by atoms with Gasteiger partial charge in [0.15, 0.2) is 5.96 Å². The molecule has 1 aliphatic carbocycles. The fourth-order valence-corrected chi connectivity index (χ4v) is 3.66. The lowest BCUT2D eigenvalue weighted by Crippen LogP contribution is -2.46. The number of benzene rings is 1. The van der Waals surface area contributed by atoms with Gasteiger partial charge in [0.05, 0.1) is 0 Å². The van der Waals surface area contributed by atoms with E-state index in [2.05, 4.69) is 67.9 Å². The van der Waals surface area contributed by atoms with E-state index in [4.69, 9.17) is 0 Å². The molecule has 26 heavy (non-hydrogen) atoms. The van der Waals surface area contributed by atoms with Gasteiger partial charge in [-0.25, -0.2) is 0 Å². The standard InChI is InChI=1S/C21H33N5/c1-22-21(24-19-9-5-6-10-19)23-13-7-8-14-25-15-17-26(18-16-25)20-11-3-2-4-12-20/h2-6,11-12,19H,7-10,13-18H2,1H3,(H2,22,23,24). The molecule has 1 heterocycles. The van der Waals surface area contributed by atoms with Crippen LogP contribution in [0.5, 0.6) is 0 Å². The maximum absolute atomic E-state index is 4.33. The molecule has 142 valence electrons. The fraction of sp³-hybridized carbons (Fsp3) is 0.571. The lowest BCUT2D eigenvalue weighted by Gasteiger charge is -2.36. The van der Waals surface area contributed by atoms with Crippen molar-refractivity contribution in [2.24, 2.45) is 4.99 Å². The summed E-state index contributed by atoms with van der Waals surface area (Å²) in [5.74, 6) is 0.940. The number of para-hydroxylation sites is 1. The maximum Gasteiger partial charge on any atom is 0.191 e. The predicted molar refractivity (Wildman–Crippen MR) is 111 cm³/mol. The van der Waals surface area contributed by atoms with Gasteiger partial charge in [-0.1, -0.05) is 30.4 Å². The van der Waals surface area contributed by atoms with Gasteiger partial charge in [-0.3, -0.25) is 9.89 Å². The van der Waals surface area contributed by atoms with E-state index >= 15 is 0 Å². The van der Waals surface area contributed by atoms with Crippen molar-refractivity contribution >= 4 is 11.6 Å². The number of rotatable bonds is 7. The van der Waals surface area contributed by atoms with Crippen LogP contribution in [0.1, 0.15) is 25.7 Å². The maximum atomic E-state index is 4.33. The molecule has 0 unspecified atom stereocenters. The molecule has 0 radical (unpaired) electrons. The van der Waals surface area contributed by atoms with Crippen molar-refractivity contribution in [3.63, 3.8) is 0 Å². The second-order valence-corrected chi connectivity index (χ2v) is 7.15. The third-order valence-corrected chi connectivity index (χ3v) is 5.26. The number of aliphatic imine (C=N–C) groups is 1. The molecule has 1 aliphatic heterocycles. The topological polar surface area (TPSA) is 42.9 Å². The van der Waals surface area contributed by atoms with E-state index in [0.717, 1.165) is 38.4 Å². The number of guanidine groups is 1. The highest BCUT2D eigenvalue weighted by atomic mass is 15.3. The van der Waals surface area contributed by atoms with Gasteiger partial charge in [-0.05, 0) is 44.4 Å². The Morgan fingerprint density at radius 3 is 2.46 bits per heavy atom. The molecular formula is C21H33N5. The zero-order chi connectivity index (χ0) is 18.0. The molecule has 0 spiro atoms. The normalized spacial score (nSPS) is 19.1. The number of nitrogens with one attached hydrogen (secondary N) is 2. The molecule has 0 saturated carbocycles. The van der Waals surface area contributed by atoms with Gasteiger partial charge >= 0.3 is 0 Å². The van der Waals surface area contributed by atoms with Crippen molar-refractivity contribution in [1.82, 2.24) is 15.5 Å². The zero-order valence-corrected chi connectivity index (χ0v) is 16.0. The molecule has 1 aromatic carbocycles. The molecule has 5 nitrogen and oxygen atoms in total. The predicted octanol–water partition coefficient (Wildman–Crippen LogP) is 2.47. The Bertz CT molecular complexity index is 567. The van der Waals surface area contributed by atoms with Crippen molar-refractivity contribution in [1.29, 1.82) is 0 Å². The Balaban J connectivity index is 1.25. The van der Waals surface area contributed by atoms with E-state index in [1.165, 1.54) is 38.2 Å². The summed E-state index contributed by atoms with van der Waals surface area (Å²) in [6.07, 6.45) is 9.11. The first kappa shape index (κ1) is 18.8. The van der Waals surface area contributed by atoms with E-state index in [1.807, 2.05) is 7.05 Å². The Labute approximate surface area is 158 Å². The average molecular weight is 356 g/mol. The van der Waals surface area contributed by atoms with Crippen LogP contribution in [0.4, 0.5) is 5.69 Å². The first-order valence-electron chi connectivity index (χ1n) is 9.99. The average Bonchev–Trinajstić information content (AvgIpc) is 3.21. The molecule has 5 heteroatoms. The molecule has 2 N–H and O–H groups in total. The van der Waals surface area contributed by atoms with Crippen LogP contribution in [0.15, 0.2) is 47.5 Å². The summed E-state index contributed by atoms with van der Waals surface area (Å²) in [6.45, 7) is 6.79. The third-order valence-electron chi connectivity index (χ3n) is 5.26. The van der Waals surface area contributed by atoms with Crippen molar-refractivity contribution in [2.45, 2.75) is 31.7 Å². The molecular weight excluding hydrogens is 322 g/mol. The van der Waals surface area contributed by atoms with Crippen LogP contribution in [-0.4, -0.2) is 63.2 Å². The van der Waals surface area contributed by atoms with E-state index in [1.54, 1.807) is 0 Å². The van der Waals surface area contributed by atoms with Crippen molar-refractivity contribution in [3.8, 4) is 0 Å². The summed E-state index contributed by atoms with van der Waals surface area (Å²) in [4.78, 5) is 9.41. The molecule has 0 amide bonds. The lowest BCUT2D eigenvalue weighted by atomic mass is 10.2. The number of hydrogen-bond acceptors (Lipinski definition) is 3. The number of hydrogen-bond donors (Lipinski definition) is 2. The summed E-state index contributed by atoms with van der Waals surface area (Å²) < 4.78 is 0. The smallest absolute Gasteiger partial charge is 0.191 e. The van der Waals surface area contributed by atoms with E-state index in [0.29, 0.717) is 6.04 Å². The summed E-state index contributed by atoms with van der Waals surface area (Å²) in [7, 11) is 1.85. The number of piperazine rings is 1. The summed E-state index contributed by atoms with van der Waals surface area (Å²) >= 11 is 0. The van der Waals surface area contributed by atoms with Crippen molar-refractivity contribution in [3.05, 3.63) is 42.5 Å². The van der Waals surface area contributed by atoms with Gasteiger partial charge in [0.2, 0.25) is 0 Å². The van der Waals surface area contributed by atoms with Gasteiger partial charge < -0.3 is 15.5 Å². The highest BCUT2D eigenvalue weighted by molar-refractivity contribution is 5.80. The quantitative estimate of drug-likeness (QED) is 0.341. The van der Waals surface area contributed by atoms with E-state index in [9.17, 15) is 0 Å². The molecule has 0 bridgehead atoms. The molecule has 1 fully saturated rings. The van der Waals surface area contributed by atoms with Crippen LogP contribution in [0.3, 0.4) is 0 Å². The van der Waals surface area contributed by atoms with Crippen molar-refractivity contribution < 1.29 is 0 Å². The monoisotopic (exact) mass is 355 g/mol. The van der Waals surface area contributed by atoms with Gasteiger partial charge in [0.25, 0.3) is 0 Å². The van der Waals surface area contributed by atoms with Crippen LogP contribution in [0.2, 0.25) is 0 Å². The molecule has 1 aromatic rings. The van der Waals surface area contributed by atoms with Crippen LogP contribution in [-0.2, 0) is 0 Å². The first-order valence-corrected chi connectivity index (χ1v) is 9.99. The van der Waals surface area contributed by atoms with Crippen molar-refractivity contribution in [2.75, 3.05) is 51.2 Å². The highest BCUT2D eigenvalue weighted by Crippen LogP contribution is 2.15. The molecule has 3 rings (SSSR count). The van der Waals surface area contributed by atoms with Gasteiger partial charge in [-0.2, -0.15) is 0 Å². The lowest BCUT2D eigenvalue weighted by molar-refractivity contribution is 0.253. The molecule has 0 aromatic heterocycles. The summed E-state index contributed by atoms with van der Waals surface area (Å²) in [6, 6.07) is 11.3. The van der Waals surface area contributed by atoms with Gasteiger partial charge in [0.1, 0.15) is 0 Å². The Kier molecular flexibility index (Phi) is 7.37. The Morgan fingerprint density at radius 2 is 1.77 bits per heavy atom. The minimum absolute atomic E-state index is 0.516. The van der Waals surface area contributed by atoms with E-state index < -0.39 is 0 Å². The first-order chi connectivity index (χ1) is 12.8. The fourth-order valence-electron chi connectivity index (χ4n) is 3.66. The van der Waals surface area contributed by atoms with Gasteiger partial charge in [-0.15, -0.1) is 0 Å². The van der Waals surface area contributed by atoms with Crippen LogP contribution >= 0.6 is 0 Å². The second-order valence-electron chi connectivity index (χ2n) is 7.15. The second kappa shape index (κ2) is 10.2. The minimum atomic E-state index is 0.516. The zero-order valence-electron chi connectivity index (χ0n) is 16.0. The SMILES string of the molecule is CN=C(NCCCCN1CCN(c2ccccc2)CC1)NC1CC=CC1. The molecule has 2 aliphatic rings. The number of nitrogens with zero attached hydrogens (tertiary/aromatic N) is 3. The van der Waals surface area contributed by atoms with Crippen LogP contribution < -0.4 is 15.5 Å². The molecule has 0 atom stereocenters. The Morgan fingerprint density at radius 1 is 1.04 bits per heavy atom. The molecule has 1 saturated heterocycles. The largest absolute Gasteiger partial charge is 0.369 e. The van der Waals surface area contributed by atoms with E-state index in [-0.39, 0.29) is 0 Å². The summed E-state index contributed by atoms with van der Waals surface area (Å²) in [5.41, 5.74) is 1.35. The summed E-state index contributed by atoms with van der Waals surface area (Å²) in [5, 5.41) is 6.93. The highest BCUT2D eigenvalue weighted by Gasteiger charge is 2.16. The van der Waals surface area contributed by atoms with Crippen LogP contribution in [0, 0.1) is 0 Å². The van der Waals surface area contributed by atoms with Crippen LogP contribution in [0.25, 0.3) is 0 Å². The number of anilines is 1. The minimum Gasteiger partial charge on any atom is -0.369 e.